The lowest BCUT2D eigenvalue weighted by atomic mass is 10.3. The van der Waals surface area contributed by atoms with E-state index in [1.54, 1.807) is 0 Å². The third kappa shape index (κ3) is 6.96. The molecule has 0 aliphatic carbocycles. The number of carbonyl (C=O) groups excluding carboxylic acids is 1. The van der Waals surface area contributed by atoms with Crippen LogP contribution in [0.2, 0.25) is 0 Å². The Balaban J connectivity index is 3.85. The van der Waals surface area contributed by atoms with E-state index in [-0.39, 0.29) is 5.57 Å². The summed E-state index contributed by atoms with van der Waals surface area (Å²) >= 11 is 0. The average Bonchev–Trinajstić information content (AvgIpc) is 2.20. The standard InChI is InChI=1S/C10H15F3O4/c1-6(2)9(15)17-5-8(14)4-16-7(3)10(11,12)13/h7-8,14H,1,4-5H2,2-3H3. The number of aliphatic hydroxyl groups excluding tert-OH is 1. The third-order valence-corrected chi connectivity index (χ3v) is 1.75. The highest BCUT2D eigenvalue weighted by Gasteiger charge is 2.37. The summed E-state index contributed by atoms with van der Waals surface area (Å²) in [4.78, 5) is 10.9. The molecule has 0 spiro atoms. The van der Waals surface area contributed by atoms with E-state index in [9.17, 15) is 23.1 Å². The Kier molecular flexibility index (Phi) is 6.19. The van der Waals surface area contributed by atoms with E-state index >= 15 is 0 Å². The Morgan fingerprint density at radius 3 is 2.35 bits per heavy atom. The summed E-state index contributed by atoms with van der Waals surface area (Å²) in [6.45, 7) is 4.54. The summed E-state index contributed by atoms with van der Waals surface area (Å²) in [7, 11) is 0. The first-order valence-corrected chi connectivity index (χ1v) is 4.83. The number of rotatable bonds is 6. The Bertz CT molecular complexity index is 275. The van der Waals surface area contributed by atoms with Gasteiger partial charge in [-0.25, -0.2) is 4.79 Å². The van der Waals surface area contributed by atoms with E-state index < -0.39 is 37.6 Å². The summed E-state index contributed by atoms with van der Waals surface area (Å²) in [5.74, 6) is -0.715. The van der Waals surface area contributed by atoms with E-state index in [1.165, 1.54) is 6.92 Å². The largest absolute Gasteiger partial charge is 0.460 e. The van der Waals surface area contributed by atoms with E-state index in [2.05, 4.69) is 16.1 Å². The molecule has 0 saturated carbocycles. The van der Waals surface area contributed by atoms with Gasteiger partial charge in [0.25, 0.3) is 0 Å². The number of carbonyl (C=O) groups is 1. The molecule has 2 unspecified atom stereocenters. The van der Waals surface area contributed by atoms with Crippen molar-refractivity contribution in [2.45, 2.75) is 32.2 Å². The second-order valence-electron chi connectivity index (χ2n) is 3.55. The maximum absolute atomic E-state index is 12.0. The van der Waals surface area contributed by atoms with Crippen molar-refractivity contribution in [2.75, 3.05) is 13.2 Å². The molecule has 0 aromatic rings. The summed E-state index contributed by atoms with van der Waals surface area (Å²) < 4.78 is 45.0. The van der Waals surface area contributed by atoms with Gasteiger partial charge in [-0.15, -0.1) is 0 Å². The molecule has 0 amide bonds. The third-order valence-electron chi connectivity index (χ3n) is 1.75. The molecule has 0 aromatic heterocycles. The van der Waals surface area contributed by atoms with Gasteiger partial charge in [0.05, 0.1) is 6.61 Å². The van der Waals surface area contributed by atoms with Gasteiger partial charge < -0.3 is 14.6 Å². The van der Waals surface area contributed by atoms with Gasteiger partial charge in [0.15, 0.2) is 6.10 Å². The van der Waals surface area contributed by atoms with E-state index in [0.29, 0.717) is 0 Å². The van der Waals surface area contributed by atoms with Crippen molar-refractivity contribution in [1.29, 1.82) is 0 Å². The molecule has 0 aromatic carbocycles. The topological polar surface area (TPSA) is 55.8 Å². The molecule has 1 N–H and O–H groups in total. The summed E-state index contributed by atoms with van der Waals surface area (Å²) in [6.07, 6.45) is -7.76. The van der Waals surface area contributed by atoms with Crippen molar-refractivity contribution in [3.63, 3.8) is 0 Å². The molecular formula is C10H15F3O4. The lowest BCUT2D eigenvalue weighted by molar-refractivity contribution is -0.220. The maximum Gasteiger partial charge on any atom is 0.414 e. The van der Waals surface area contributed by atoms with E-state index in [0.717, 1.165) is 6.92 Å². The number of alkyl halides is 3. The first-order valence-electron chi connectivity index (χ1n) is 4.83. The van der Waals surface area contributed by atoms with Crippen LogP contribution in [0.1, 0.15) is 13.8 Å². The van der Waals surface area contributed by atoms with Crippen LogP contribution in [0.15, 0.2) is 12.2 Å². The van der Waals surface area contributed by atoms with Gasteiger partial charge in [-0.05, 0) is 13.8 Å². The van der Waals surface area contributed by atoms with Gasteiger partial charge >= 0.3 is 12.1 Å². The zero-order valence-corrected chi connectivity index (χ0v) is 9.58. The van der Waals surface area contributed by atoms with Crippen molar-refractivity contribution in [3.05, 3.63) is 12.2 Å². The molecule has 100 valence electrons. The van der Waals surface area contributed by atoms with E-state index in [1.807, 2.05) is 0 Å². The Morgan fingerprint density at radius 1 is 1.41 bits per heavy atom. The number of hydrogen-bond donors (Lipinski definition) is 1. The minimum absolute atomic E-state index is 0.141. The van der Waals surface area contributed by atoms with Gasteiger partial charge in [0.1, 0.15) is 12.7 Å². The predicted octanol–water partition coefficient (Wildman–Crippen LogP) is 1.43. The highest BCUT2D eigenvalue weighted by molar-refractivity contribution is 5.86. The molecule has 4 nitrogen and oxygen atoms in total. The number of esters is 1. The molecule has 0 aliphatic heterocycles. The minimum atomic E-state index is -4.48. The van der Waals surface area contributed by atoms with Crippen molar-refractivity contribution >= 4 is 5.97 Å². The number of hydrogen-bond acceptors (Lipinski definition) is 4. The fourth-order valence-corrected chi connectivity index (χ4v) is 0.693. The Morgan fingerprint density at radius 2 is 1.94 bits per heavy atom. The molecular weight excluding hydrogens is 241 g/mol. The van der Waals surface area contributed by atoms with Crippen molar-refractivity contribution in [2.24, 2.45) is 0 Å². The molecule has 0 fully saturated rings. The highest BCUT2D eigenvalue weighted by atomic mass is 19.4. The second kappa shape index (κ2) is 6.61. The Hall–Kier alpha value is -1.08. The second-order valence-corrected chi connectivity index (χ2v) is 3.55. The normalized spacial score (nSPS) is 15.2. The van der Waals surface area contributed by atoms with Crippen LogP contribution in [-0.4, -0.2) is 42.7 Å². The molecule has 17 heavy (non-hydrogen) atoms. The SMILES string of the molecule is C=C(C)C(=O)OCC(O)COC(C)C(F)(F)F. The van der Waals surface area contributed by atoms with Gasteiger partial charge in [-0.2, -0.15) is 13.2 Å². The molecule has 0 bridgehead atoms. The fraction of sp³-hybridized carbons (Fsp3) is 0.700. The first kappa shape index (κ1) is 15.9. The lowest BCUT2D eigenvalue weighted by Crippen LogP contribution is -2.33. The number of ether oxygens (including phenoxy) is 2. The monoisotopic (exact) mass is 256 g/mol. The molecule has 0 radical (unpaired) electrons. The predicted molar refractivity (Wildman–Crippen MR) is 53.2 cm³/mol. The number of aliphatic hydroxyl groups is 1. The van der Waals surface area contributed by atoms with Gasteiger partial charge in [0.2, 0.25) is 0 Å². The van der Waals surface area contributed by atoms with Crippen LogP contribution in [-0.2, 0) is 14.3 Å². The zero-order valence-electron chi connectivity index (χ0n) is 9.58. The molecule has 0 heterocycles. The quantitative estimate of drug-likeness (QED) is 0.577. The highest BCUT2D eigenvalue weighted by Crippen LogP contribution is 2.22. The molecule has 2 atom stereocenters. The summed E-state index contributed by atoms with van der Waals surface area (Å²) in [5.41, 5.74) is 0.141. The average molecular weight is 256 g/mol. The molecule has 0 aliphatic rings. The van der Waals surface area contributed by atoms with Crippen molar-refractivity contribution in [3.8, 4) is 0 Å². The first-order chi connectivity index (χ1) is 7.64. The van der Waals surface area contributed by atoms with Gasteiger partial charge in [-0.1, -0.05) is 6.58 Å². The maximum atomic E-state index is 12.0. The van der Waals surface area contributed by atoms with Crippen LogP contribution >= 0.6 is 0 Å². The van der Waals surface area contributed by atoms with Crippen LogP contribution in [0.25, 0.3) is 0 Å². The van der Waals surface area contributed by atoms with Crippen LogP contribution < -0.4 is 0 Å². The van der Waals surface area contributed by atoms with Gasteiger partial charge in [0, 0.05) is 5.57 Å². The summed E-state index contributed by atoms with van der Waals surface area (Å²) in [5, 5.41) is 9.20. The van der Waals surface area contributed by atoms with Crippen LogP contribution in [0.3, 0.4) is 0 Å². The van der Waals surface area contributed by atoms with Crippen LogP contribution in [0, 0.1) is 0 Å². The molecule has 7 heteroatoms. The minimum Gasteiger partial charge on any atom is -0.460 e. The molecule has 0 saturated heterocycles. The van der Waals surface area contributed by atoms with Gasteiger partial charge in [-0.3, -0.25) is 0 Å². The summed E-state index contributed by atoms with van der Waals surface area (Å²) in [6, 6.07) is 0. The fourth-order valence-electron chi connectivity index (χ4n) is 0.693. The zero-order chi connectivity index (χ0) is 13.6. The lowest BCUT2D eigenvalue weighted by Gasteiger charge is -2.18. The van der Waals surface area contributed by atoms with Crippen molar-refractivity contribution in [1.82, 2.24) is 0 Å². The smallest absolute Gasteiger partial charge is 0.414 e. The van der Waals surface area contributed by atoms with E-state index in [4.69, 9.17) is 0 Å². The van der Waals surface area contributed by atoms with Crippen LogP contribution in [0.4, 0.5) is 13.2 Å². The van der Waals surface area contributed by atoms with Crippen LogP contribution in [0.5, 0.6) is 0 Å². The Labute approximate surface area is 97.0 Å². The van der Waals surface area contributed by atoms with Crippen molar-refractivity contribution < 1.29 is 32.5 Å². The number of halogens is 3. The molecule has 0 rings (SSSR count).